The molecule has 29 heavy (non-hydrogen) atoms. The second kappa shape index (κ2) is 8.31. The molecule has 0 amide bonds. The van der Waals surface area contributed by atoms with Crippen LogP contribution in [0.3, 0.4) is 0 Å². The molecule has 1 aliphatic rings. The third-order valence-corrected chi connectivity index (χ3v) is 5.89. The molecule has 2 unspecified atom stereocenters. The molecule has 3 aromatic rings. The normalized spacial score (nSPS) is 18.9. The maximum absolute atomic E-state index is 9.63. The van der Waals surface area contributed by atoms with Gasteiger partial charge in [0.05, 0.1) is 24.4 Å². The highest BCUT2D eigenvalue weighted by Gasteiger charge is 2.40. The zero-order valence-electron chi connectivity index (χ0n) is 16.6. The van der Waals surface area contributed by atoms with Gasteiger partial charge < -0.3 is 19.9 Å². The summed E-state index contributed by atoms with van der Waals surface area (Å²) in [6, 6.07) is 12.1. The van der Waals surface area contributed by atoms with Gasteiger partial charge in [0, 0.05) is 43.1 Å². The van der Waals surface area contributed by atoms with Crippen LogP contribution in [0.15, 0.2) is 55.0 Å². The minimum Gasteiger partial charge on any atom is -0.395 e. The lowest BCUT2D eigenvalue weighted by Crippen LogP contribution is -2.32. The summed E-state index contributed by atoms with van der Waals surface area (Å²) in [5.41, 5.74) is 5.67. The van der Waals surface area contributed by atoms with Crippen LogP contribution in [0.1, 0.15) is 40.3 Å². The van der Waals surface area contributed by atoms with Gasteiger partial charge in [-0.1, -0.05) is 12.1 Å². The standard InChI is InChI=1S/C22H25N5OS/c1-15-12-18(16(2)27(15)14-17-6-5-8-23-13-17)21-20(19-7-3-4-9-24-19)25-22(29)26(21)10-11-28/h3-9,12-13,20-21,28H,10-11,14H2,1-2H3,(H,25,29). The van der Waals surface area contributed by atoms with Crippen molar-refractivity contribution >= 4 is 17.3 Å². The van der Waals surface area contributed by atoms with Crippen molar-refractivity contribution in [3.8, 4) is 0 Å². The highest BCUT2D eigenvalue weighted by molar-refractivity contribution is 7.80. The molecule has 0 bridgehead atoms. The summed E-state index contributed by atoms with van der Waals surface area (Å²) in [6.07, 6.45) is 5.50. The molecule has 4 rings (SSSR count). The van der Waals surface area contributed by atoms with Gasteiger partial charge in [0.15, 0.2) is 5.11 Å². The Bertz CT molecular complexity index is 989. The number of hydrogen-bond acceptors (Lipinski definition) is 4. The first-order valence-corrected chi connectivity index (χ1v) is 10.2. The lowest BCUT2D eigenvalue weighted by Gasteiger charge is -2.27. The molecule has 7 heteroatoms. The van der Waals surface area contributed by atoms with E-state index in [4.69, 9.17) is 12.2 Å². The van der Waals surface area contributed by atoms with Gasteiger partial charge in [-0.3, -0.25) is 9.97 Å². The Morgan fingerprint density at radius 2 is 2.03 bits per heavy atom. The predicted octanol–water partition coefficient (Wildman–Crippen LogP) is 2.91. The predicted molar refractivity (Wildman–Crippen MR) is 116 cm³/mol. The lowest BCUT2D eigenvalue weighted by atomic mass is 9.97. The van der Waals surface area contributed by atoms with Crippen LogP contribution >= 0.6 is 12.2 Å². The Kier molecular flexibility index (Phi) is 5.60. The van der Waals surface area contributed by atoms with Crippen LogP contribution in [0.4, 0.5) is 0 Å². The van der Waals surface area contributed by atoms with Gasteiger partial charge in [-0.25, -0.2) is 0 Å². The van der Waals surface area contributed by atoms with Crippen molar-refractivity contribution in [1.29, 1.82) is 0 Å². The summed E-state index contributed by atoms with van der Waals surface area (Å²) >= 11 is 5.61. The Hall–Kier alpha value is -2.77. The smallest absolute Gasteiger partial charge is 0.170 e. The van der Waals surface area contributed by atoms with Crippen molar-refractivity contribution in [3.63, 3.8) is 0 Å². The number of rotatable bonds is 6. The van der Waals surface area contributed by atoms with Crippen LogP contribution in [-0.2, 0) is 6.54 Å². The summed E-state index contributed by atoms with van der Waals surface area (Å²) < 4.78 is 2.31. The van der Waals surface area contributed by atoms with E-state index < -0.39 is 0 Å². The summed E-state index contributed by atoms with van der Waals surface area (Å²) in [5, 5.41) is 13.7. The fourth-order valence-electron chi connectivity index (χ4n) is 4.14. The van der Waals surface area contributed by atoms with Crippen molar-refractivity contribution in [1.82, 2.24) is 24.8 Å². The van der Waals surface area contributed by atoms with E-state index in [1.807, 2.05) is 30.5 Å². The maximum Gasteiger partial charge on any atom is 0.170 e. The highest BCUT2D eigenvalue weighted by atomic mass is 32.1. The van der Waals surface area contributed by atoms with E-state index in [1.165, 1.54) is 17.0 Å². The Balaban J connectivity index is 1.75. The molecule has 1 aliphatic heterocycles. The van der Waals surface area contributed by atoms with E-state index in [9.17, 15) is 5.11 Å². The molecule has 0 saturated carbocycles. The van der Waals surface area contributed by atoms with E-state index in [0.29, 0.717) is 11.7 Å². The van der Waals surface area contributed by atoms with Gasteiger partial charge in [-0.05, 0) is 61.5 Å². The monoisotopic (exact) mass is 407 g/mol. The quantitative estimate of drug-likeness (QED) is 0.613. The van der Waals surface area contributed by atoms with Crippen LogP contribution in [0, 0.1) is 13.8 Å². The molecule has 3 aromatic heterocycles. The topological polar surface area (TPSA) is 66.2 Å². The molecule has 1 fully saturated rings. The Labute approximate surface area is 176 Å². The van der Waals surface area contributed by atoms with Crippen LogP contribution < -0.4 is 5.32 Å². The summed E-state index contributed by atoms with van der Waals surface area (Å²) in [5.74, 6) is 0. The molecule has 6 nitrogen and oxygen atoms in total. The van der Waals surface area contributed by atoms with Crippen molar-refractivity contribution in [3.05, 3.63) is 83.2 Å². The summed E-state index contributed by atoms with van der Waals surface area (Å²) in [7, 11) is 0. The summed E-state index contributed by atoms with van der Waals surface area (Å²) in [6.45, 7) is 5.56. The van der Waals surface area contributed by atoms with Gasteiger partial charge in [0.1, 0.15) is 0 Å². The van der Waals surface area contributed by atoms with Crippen molar-refractivity contribution in [2.45, 2.75) is 32.5 Å². The second-order valence-electron chi connectivity index (χ2n) is 7.32. The molecular weight excluding hydrogens is 382 g/mol. The van der Waals surface area contributed by atoms with Gasteiger partial charge >= 0.3 is 0 Å². The third kappa shape index (κ3) is 3.75. The largest absolute Gasteiger partial charge is 0.395 e. The second-order valence-corrected chi connectivity index (χ2v) is 7.70. The number of hydrogen-bond donors (Lipinski definition) is 2. The number of pyridine rings is 2. The van der Waals surface area contributed by atoms with E-state index in [1.54, 1.807) is 12.4 Å². The highest BCUT2D eigenvalue weighted by Crippen LogP contribution is 2.40. The van der Waals surface area contributed by atoms with Crippen molar-refractivity contribution in [2.24, 2.45) is 0 Å². The minimum atomic E-state index is -0.0670. The number of thiocarbonyl (C=S) groups is 1. The minimum absolute atomic E-state index is 0.0293. The number of β-amino-alcohol motifs (C(OH)–C–C–N with tert-alkyl or cyclic N) is 1. The molecule has 1 saturated heterocycles. The number of aliphatic hydroxyl groups is 1. The molecule has 0 aromatic carbocycles. The zero-order chi connectivity index (χ0) is 20.4. The molecule has 0 aliphatic carbocycles. The van der Waals surface area contributed by atoms with Crippen LogP contribution in [0.2, 0.25) is 0 Å². The van der Waals surface area contributed by atoms with E-state index >= 15 is 0 Å². The number of nitrogens with one attached hydrogen (secondary N) is 1. The number of nitrogens with zero attached hydrogens (tertiary/aromatic N) is 4. The van der Waals surface area contributed by atoms with Crippen LogP contribution in [0.5, 0.6) is 0 Å². The number of aromatic nitrogens is 3. The van der Waals surface area contributed by atoms with E-state index in [2.05, 4.69) is 50.7 Å². The number of aryl methyl sites for hydroxylation is 1. The average Bonchev–Trinajstić information content (AvgIpc) is 3.21. The fourth-order valence-corrected chi connectivity index (χ4v) is 4.47. The van der Waals surface area contributed by atoms with E-state index in [0.717, 1.165) is 17.8 Å². The zero-order valence-corrected chi connectivity index (χ0v) is 17.4. The van der Waals surface area contributed by atoms with Gasteiger partial charge in [0.25, 0.3) is 0 Å². The Morgan fingerprint density at radius 1 is 1.17 bits per heavy atom. The molecule has 0 radical (unpaired) electrons. The first-order valence-electron chi connectivity index (χ1n) is 9.74. The maximum atomic E-state index is 9.63. The molecule has 4 heterocycles. The van der Waals surface area contributed by atoms with Crippen LogP contribution in [0.25, 0.3) is 0 Å². The first-order chi connectivity index (χ1) is 14.1. The third-order valence-electron chi connectivity index (χ3n) is 5.53. The molecular formula is C22H25N5OS. The first kappa shape index (κ1) is 19.5. The molecule has 150 valence electrons. The fraction of sp³-hybridized carbons (Fsp3) is 0.318. The van der Waals surface area contributed by atoms with Gasteiger partial charge in [0.2, 0.25) is 0 Å². The van der Waals surface area contributed by atoms with Crippen molar-refractivity contribution < 1.29 is 5.11 Å². The summed E-state index contributed by atoms with van der Waals surface area (Å²) in [4.78, 5) is 10.9. The molecule has 2 atom stereocenters. The van der Waals surface area contributed by atoms with Gasteiger partial charge in [-0.15, -0.1) is 0 Å². The molecule has 2 N–H and O–H groups in total. The van der Waals surface area contributed by atoms with Gasteiger partial charge in [-0.2, -0.15) is 0 Å². The lowest BCUT2D eigenvalue weighted by molar-refractivity contribution is 0.222. The van der Waals surface area contributed by atoms with E-state index in [-0.39, 0.29) is 18.7 Å². The average molecular weight is 408 g/mol. The SMILES string of the molecule is Cc1cc(C2C(c3ccccn3)NC(=S)N2CCO)c(C)n1Cc1cccnc1. The van der Waals surface area contributed by atoms with Crippen molar-refractivity contribution in [2.75, 3.05) is 13.2 Å². The Morgan fingerprint density at radius 3 is 2.72 bits per heavy atom. The molecule has 0 spiro atoms. The number of aliphatic hydroxyl groups excluding tert-OH is 1. The van der Waals surface area contributed by atoms with Crippen LogP contribution in [-0.4, -0.2) is 42.8 Å².